The summed E-state index contributed by atoms with van der Waals surface area (Å²) in [4.78, 5) is 0. The van der Waals surface area contributed by atoms with Gasteiger partial charge in [-0.15, -0.1) is 9.24 Å². The molecule has 154 valence electrons. The molecule has 8 N–H and O–H groups in total. The molecule has 4 rings (SSSR count). The van der Waals surface area contributed by atoms with Crippen LogP contribution in [0.25, 0.3) is 0 Å². The molecule has 0 aromatic heterocycles. The first kappa shape index (κ1) is 20.2. The van der Waals surface area contributed by atoms with Gasteiger partial charge in [-0.05, 0) is 93.1 Å². The van der Waals surface area contributed by atoms with Gasteiger partial charge in [0.2, 0.25) is 0 Å². The van der Waals surface area contributed by atoms with Crippen LogP contribution in [-0.4, -0.2) is 0 Å². The molecule has 0 radical (unpaired) electrons. The summed E-state index contributed by atoms with van der Waals surface area (Å²) >= 11 is 0. The minimum Gasteiger partial charge on any atom is -0.397 e. The van der Waals surface area contributed by atoms with Crippen molar-refractivity contribution in [1.82, 2.24) is 0 Å². The van der Waals surface area contributed by atoms with Gasteiger partial charge in [0, 0.05) is 11.5 Å². The largest absolute Gasteiger partial charge is 0.397 e. The van der Waals surface area contributed by atoms with Crippen molar-refractivity contribution in [1.29, 1.82) is 0 Å². The second-order valence-electron chi connectivity index (χ2n) is 9.71. The highest BCUT2D eigenvalue weighted by Crippen LogP contribution is 2.50. The molecular weight excluding hydrogens is 363 g/mol. The molecule has 2 unspecified atom stereocenters. The van der Waals surface area contributed by atoms with Gasteiger partial charge in [0.15, 0.2) is 0 Å². The van der Waals surface area contributed by atoms with Crippen LogP contribution in [0.3, 0.4) is 0 Å². The van der Waals surface area contributed by atoms with Gasteiger partial charge in [0.25, 0.3) is 0 Å². The molecule has 2 atom stereocenters. The zero-order valence-electron chi connectivity index (χ0n) is 17.0. The van der Waals surface area contributed by atoms with E-state index < -0.39 is 5.66 Å². The van der Waals surface area contributed by atoms with Crippen molar-refractivity contribution in [2.45, 2.75) is 63.5 Å². The second kappa shape index (κ2) is 7.63. The van der Waals surface area contributed by atoms with E-state index in [1.807, 2.05) is 6.07 Å². The Morgan fingerprint density at radius 2 is 1.43 bits per heavy atom. The van der Waals surface area contributed by atoms with Crippen molar-refractivity contribution >= 4 is 20.6 Å². The molecule has 1 aromatic rings. The number of hydrogen-bond acceptors (Lipinski definition) is 4. The van der Waals surface area contributed by atoms with E-state index in [-0.39, 0.29) is 5.92 Å². The normalized spacial score (nSPS) is 34.8. The highest BCUT2D eigenvalue weighted by Gasteiger charge is 2.47. The molecule has 2 fully saturated rings. The smallest absolute Gasteiger partial charge is 0.0957 e. The quantitative estimate of drug-likeness (QED) is 0.348. The Hall–Kier alpha value is -1.09. The van der Waals surface area contributed by atoms with Crippen LogP contribution >= 0.6 is 9.24 Å². The van der Waals surface area contributed by atoms with Crippen molar-refractivity contribution in [2.75, 3.05) is 11.5 Å². The number of benzene rings is 1. The van der Waals surface area contributed by atoms with Crippen molar-refractivity contribution < 1.29 is 0 Å². The third kappa shape index (κ3) is 3.49. The zero-order valence-corrected chi connectivity index (χ0v) is 18.2. The maximum Gasteiger partial charge on any atom is 0.0957 e. The number of allylic oxidation sites excluding steroid dienone is 1. The SMILES string of the molecule is C=C(P)C1CCC(C2CCC(C3Cc4ccc(N)c(N)c4C3(N)N)CC2)CC1. The summed E-state index contributed by atoms with van der Waals surface area (Å²) in [5.74, 6) is 3.36. The minimum atomic E-state index is -0.858. The zero-order chi connectivity index (χ0) is 20.1. The van der Waals surface area contributed by atoms with E-state index in [0.717, 1.165) is 29.7 Å². The van der Waals surface area contributed by atoms with E-state index in [1.165, 1.54) is 62.2 Å². The first-order chi connectivity index (χ1) is 13.3. The molecule has 1 aromatic carbocycles. The maximum absolute atomic E-state index is 6.69. The van der Waals surface area contributed by atoms with E-state index in [9.17, 15) is 0 Å². The molecule has 0 heterocycles. The Morgan fingerprint density at radius 1 is 0.893 bits per heavy atom. The van der Waals surface area contributed by atoms with Crippen molar-refractivity contribution in [2.24, 2.45) is 41.1 Å². The molecule has 5 heteroatoms. The Balaban J connectivity index is 1.38. The monoisotopic (exact) mass is 400 g/mol. The molecule has 0 spiro atoms. The van der Waals surface area contributed by atoms with E-state index in [2.05, 4.69) is 21.9 Å². The molecular formula is C23H37N4P. The molecule has 3 aliphatic rings. The fourth-order valence-electron chi connectivity index (χ4n) is 6.49. The molecule has 3 aliphatic carbocycles. The van der Waals surface area contributed by atoms with E-state index in [4.69, 9.17) is 22.9 Å². The van der Waals surface area contributed by atoms with Crippen LogP contribution in [0.1, 0.15) is 62.5 Å². The van der Waals surface area contributed by atoms with Crippen LogP contribution in [0.5, 0.6) is 0 Å². The summed E-state index contributed by atoms with van der Waals surface area (Å²) < 4.78 is 0. The highest BCUT2D eigenvalue weighted by molar-refractivity contribution is 7.22. The van der Waals surface area contributed by atoms with Crippen LogP contribution in [0, 0.1) is 29.6 Å². The van der Waals surface area contributed by atoms with Gasteiger partial charge >= 0.3 is 0 Å². The minimum absolute atomic E-state index is 0.267. The lowest BCUT2D eigenvalue weighted by Crippen LogP contribution is -2.53. The van der Waals surface area contributed by atoms with Crippen LogP contribution < -0.4 is 22.9 Å². The topological polar surface area (TPSA) is 104 Å². The van der Waals surface area contributed by atoms with Crippen LogP contribution in [-0.2, 0) is 12.1 Å². The average Bonchev–Trinajstić information content (AvgIpc) is 2.96. The number of nitrogens with two attached hydrogens (primary N) is 4. The predicted octanol–water partition coefficient (Wildman–Crippen LogP) is 4.10. The van der Waals surface area contributed by atoms with Crippen molar-refractivity contribution in [3.63, 3.8) is 0 Å². The Bertz CT molecular complexity index is 743. The van der Waals surface area contributed by atoms with Gasteiger partial charge in [-0.2, -0.15) is 0 Å². The summed E-state index contributed by atoms with van der Waals surface area (Å²) in [5.41, 5.74) is 28.1. The lowest BCUT2D eigenvalue weighted by molar-refractivity contribution is 0.105. The summed E-state index contributed by atoms with van der Waals surface area (Å²) in [6.07, 6.45) is 11.4. The van der Waals surface area contributed by atoms with Crippen LogP contribution in [0.2, 0.25) is 0 Å². The van der Waals surface area contributed by atoms with Gasteiger partial charge in [-0.25, -0.2) is 0 Å². The van der Waals surface area contributed by atoms with Gasteiger partial charge in [-0.3, -0.25) is 0 Å². The molecule has 4 nitrogen and oxygen atoms in total. The van der Waals surface area contributed by atoms with Gasteiger partial charge < -0.3 is 22.9 Å². The van der Waals surface area contributed by atoms with Gasteiger partial charge in [0.05, 0.1) is 17.0 Å². The number of rotatable bonds is 3. The summed E-state index contributed by atoms with van der Waals surface area (Å²) in [5, 5.41) is 1.30. The van der Waals surface area contributed by atoms with E-state index in [0.29, 0.717) is 17.3 Å². The summed E-state index contributed by atoms with van der Waals surface area (Å²) in [6.45, 7) is 4.14. The average molecular weight is 401 g/mol. The number of anilines is 2. The summed E-state index contributed by atoms with van der Waals surface area (Å²) in [6, 6.07) is 3.96. The number of fused-ring (bicyclic) bond motifs is 1. The predicted molar refractivity (Wildman–Crippen MR) is 122 cm³/mol. The Morgan fingerprint density at radius 3 is 2.00 bits per heavy atom. The van der Waals surface area contributed by atoms with E-state index >= 15 is 0 Å². The molecule has 0 bridgehead atoms. The fraction of sp³-hybridized carbons (Fsp3) is 0.652. The third-order valence-corrected chi connectivity index (χ3v) is 8.67. The molecule has 0 aliphatic heterocycles. The summed E-state index contributed by atoms with van der Waals surface area (Å²) in [7, 11) is 2.82. The van der Waals surface area contributed by atoms with Gasteiger partial charge in [-0.1, -0.05) is 18.0 Å². The van der Waals surface area contributed by atoms with Crippen LogP contribution in [0.4, 0.5) is 11.4 Å². The maximum atomic E-state index is 6.69. The third-order valence-electron chi connectivity index (χ3n) is 8.20. The lowest BCUT2D eigenvalue weighted by atomic mass is 9.66. The molecule has 2 saturated carbocycles. The second-order valence-corrected chi connectivity index (χ2v) is 10.4. The standard InChI is InChI=1S/C23H37N4P/c1-13(28)14-2-4-15(5-3-14)16-6-8-17(9-7-16)19-12-18-10-11-20(24)22(25)21(18)23(19,26)27/h10-11,14-17,19H,1-9,12,24-28H2. The first-order valence-corrected chi connectivity index (χ1v) is 11.6. The Labute approximate surface area is 172 Å². The fourth-order valence-corrected chi connectivity index (χ4v) is 6.82. The highest BCUT2D eigenvalue weighted by atomic mass is 31.0. The Kier molecular flexibility index (Phi) is 5.50. The molecule has 28 heavy (non-hydrogen) atoms. The van der Waals surface area contributed by atoms with Gasteiger partial charge in [0.1, 0.15) is 0 Å². The van der Waals surface area contributed by atoms with Crippen molar-refractivity contribution in [3.8, 4) is 0 Å². The lowest BCUT2D eigenvalue weighted by Gasteiger charge is -2.42. The van der Waals surface area contributed by atoms with Crippen molar-refractivity contribution in [3.05, 3.63) is 35.2 Å². The van der Waals surface area contributed by atoms with E-state index in [1.54, 1.807) is 0 Å². The molecule has 0 saturated heterocycles. The number of hydrogen-bond donors (Lipinski definition) is 4. The first-order valence-electron chi connectivity index (χ1n) is 11.0. The number of nitrogen functional groups attached to an aromatic ring is 2. The molecule has 0 amide bonds. The van der Waals surface area contributed by atoms with Crippen LogP contribution in [0.15, 0.2) is 24.0 Å².